The van der Waals surface area contributed by atoms with Crippen LogP contribution in [0, 0.1) is 18.6 Å². The van der Waals surface area contributed by atoms with Crippen molar-refractivity contribution in [1.29, 1.82) is 0 Å². The molecule has 1 aliphatic rings. The predicted octanol–water partition coefficient (Wildman–Crippen LogP) is 3.39. The highest BCUT2D eigenvalue weighted by atomic mass is 32.1. The van der Waals surface area contributed by atoms with Crippen molar-refractivity contribution in [3.63, 3.8) is 0 Å². The lowest BCUT2D eigenvalue weighted by atomic mass is 10.2. The van der Waals surface area contributed by atoms with Gasteiger partial charge in [0.05, 0.1) is 5.39 Å². The highest BCUT2D eigenvalue weighted by Gasteiger charge is 2.19. The Balaban J connectivity index is 2.07. The van der Waals surface area contributed by atoms with Gasteiger partial charge >= 0.3 is 0 Å². The van der Waals surface area contributed by atoms with Crippen LogP contribution in [-0.4, -0.2) is 34.1 Å². The fraction of sp³-hybridized carbons (Fsp3) is 0.600. The van der Waals surface area contributed by atoms with Crippen LogP contribution < -0.4 is 5.56 Å². The van der Waals surface area contributed by atoms with E-state index in [-0.39, 0.29) is 11.6 Å². The molecule has 4 nitrogen and oxygen atoms in total. The number of nitrogens with zero attached hydrogens (tertiary/aromatic N) is 2. The maximum absolute atomic E-state index is 12.9. The van der Waals surface area contributed by atoms with E-state index >= 15 is 0 Å². The zero-order valence-corrected chi connectivity index (χ0v) is 14.4. The van der Waals surface area contributed by atoms with Crippen molar-refractivity contribution in [2.75, 3.05) is 19.6 Å². The molecule has 3 heterocycles. The molecule has 2 aromatic rings. The minimum absolute atomic E-state index is 0.0577. The highest BCUT2D eigenvalue weighted by molar-refractivity contribution is 7.71. The van der Waals surface area contributed by atoms with Crippen LogP contribution in [-0.2, 0) is 0 Å². The average Bonchev–Trinajstić information content (AvgIpc) is 2.99. The maximum atomic E-state index is 12.9. The number of aromatic nitrogens is 2. The molecule has 1 N–H and O–H groups in total. The second kappa shape index (κ2) is 5.66. The van der Waals surface area contributed by atoms with Gasteiger partial charge in [-0.1, -0.05) is 0 Å². The third-order valence-electron chi connectivity index (χ3n) is 4.42. The monoisotopic (exact) mass is 323 g/mol. The first kappa shape index (κ1) is 14.9. The molecule has 3 rings (SSSR count). The number of rotatable bonds is 3. The molecule has 1 unspecified atom stereocenters. The van der Waals surface area contributed by atoms with Crippen molar-refractivity contribution in [1.82, 2.24) is 14.5 Å². The van der Waals surface area contributed by atoms with Gasteiger partial charge in [-0.3, -0.25) is 9.36 Å². The van der Waals surface area contributed by atoms with Crippen LogP contribution in [0.2, 0.25) is 0 Å². The fourth-order valence-electron chi connectivity index (χ4n) is 3.16. The number of hydrogen-bond donors (Lipinski definition) is 1. The molecular formula is C15H21N3OS2. The third kappa shape index (κ3) is 2.60. The standard InChI is InChI=1S/C15H21N3OS2/c1-9(8-17-6-4-5-7-17)18-14(19)12-10(2)11(3)21-13(12)16-15(18)20/h9H,4-8H2,1-3H3,(H,16,20). The van der Waals surface area contributed by atoms with Crippen LogP contribution >= 0.6 is 23.6 Å². The van der Waals surface area contributed by atoms with Crippen molar-refractivity contribution in [3.8, 4) is 0 Å². The van der Waals surface area contributed by atoms with Gasteiger partial charge in [0.25, 0.3) is 5.56 Å². The Morgan fingerprint density at radius 2 is 2.00 bits per heavy atom. The molecule has 6 heteroatoms. The minimum atomic E-state index is 0.0577. The number of aryl methyl sites for hydroxylation is 2. The summed E-state index contributed by atoms with van der Waals surface area (Å²) < 4.78 is 2.30. The predicted molar refractivity (Wildman–Crippen MR) is 91.1 cm³/mol. The quantitative estimate of drug-likeness (QED) is 0.880. The molecule has 1 saturated heterocycles. The summed E-state index contributed by atoms with van der Waals surface area (Å²) in [5.41, 5.74) is 1.13. The molecule has 0 radical (unpaired) electrons. The van der Waals surface area contributed by atoms with Crippen molar-refractivity contribution >= 4 is 33.8 Å². The number of thiophene rings is 1. The molecule has 1 fully saturated rings. The van der Waals surface area contributed by atoms with Crippen molar-refractivity contribution in [2.45, 2.75) is 39.7 Å². The molecule has 0 saturated carbocycles. The summed E-state index contributed by atoms with van der Waals surface area (Å²) in [6.07, 6.45) is 2.52. The van der Waals surface area contributed by atoms with E-state index in [1.165, 1.54) is 17.7 Å². The fourth-order valence-corrected chi connectivity index (χ4v) is 4.64. The lowest BCUT2D eigenvalue weighted by molar-refractivity contribution is 0.283. The van der Waals surface area contributed by atoms with Gasteiger partial charge in [-0.25, -0.2) is 0 Å². The van der Waals surface area contributed by atoms with Gasteiger partial charge in [0.15, 0.2) is 4.77 Å². The summed E-state index contributed by atoms with van der Waals surface area (Å²) in [5, 5.41) is 0.805. The van der Waals surface area contributed by atoms with Gasteiger partial charge in [-0.05, 0) is 64.5 Å². The Hall–Kier alpha value is -0.980. The molecule has 0 bridgehead atoms. The van der Waals surface area contributed by atoms with Crippen LogP contribution in [0.5, 0.6) is 0 Å². The summed E-state index contributed by atoms with van der Waals surface area (Å²) in [4.78, 5) is 20.6. The van der Waals surface area contributed by atoms with Crippen LogP contribution in [0.15, 0.2) is 4.79 Å². The molecule has 114 valence electrons. The smallest absolute Gasteiger partial charge is 0.263 e. The highest BCUT2D eigenvalue weighted by Crippen LogP contribution is 2.26. The van der Waals surface area contributed by atoms with Gasteiger partial charge < -0.3 is 9.88 Å². The van der Waals surface area contributed by atoms with E-state index in [1.54, 1.807) is 15.9 Å². The molecule has 0 amide bonds. The summed E-state index contributed by atoms with van der Waals surface area (Å²) in [6, 6.07) is 0.100. The number of aromatic amines is 1. The van der Waals surface area contributed by atoms with Crippen LogP contribution in [0.25, 0.3) is 10.2 Å². The molecule has 0 spiro atoms. The number of hydrogen-bond acceptors (Lipinski definition) is 4. The zero-order chi connectivity index (χ0) is 15.1. The lowest BCUT2D eigenvalue weighted by Crippen LogP contribution is -2.33. The Morgan fingerprint density at radius 3 is 2.67 bits per heavy atom. The number of likely N-dealkylation sites (tertiary alicyclic amines) is 1. The van der Waals surface area contributed by atoms with E-state index in [9.17, 15) is 4.79 Å². The third-order valence-corrected chi connectivity index (χ3v) is 5.84. The summed E-state index contributed by atoms with van der Waals surface area (Å²) in [7, 11) is 0. The van der Waals surface area contributed by atoms with Crippen LogP contribution in [0.3, 0.4) is 0 Å². The molecular weight excluding hydrogens is 302 g/mol. The minimum Gasteiger partial charge on any atom is -0.323 e. The van der Waals surface area contributed by atoms with E-state index in [4.69, 9.17) is 12.2 Å². The number of H-pyrrole nitrogens is 1. The first-order valence-electron chi connectivity index (χ1n) is 7.46. The van der Waals surface area contributed by atoms with Gasteiger partial charge in [0, 0.05) is 17.5 Å². The molecule has 0 aromatic carbocycles. The summed E-state index contributed by atoms with van der Waals surface area (Å²) in [5.74, 6) is 0. The first-order valence-corrected chi connectivity index (χ1v) is 8.68. The zero-order valence-electron chi connectivity index (χ0n) is 12.7. The molecule has 1 aliphatic heterocycles. The summed E-state index contributed by atoms with van der Waals surface area (Å²) in [6.45, 7) is 9.31. The number of fused-ring (bicyclic) bond motifs is 1. The van der Waals surface area contributed by atoms with E-state index in [0.717, 1.165) is 35.4 Å². The van der Waals surface area contributed by atoms with E-state index in [2.05, 4.69) is 16.8 Å². The van der Waals surface area contributed by atoms with Crippen molar-refractivity contribution < 1.29 is 0 Å². The van der Waals surface area contributed by atoms with Gasteiger partial charge in [-0.2, -0.15) is 0 Å². The van der Waals surface area contributed by atoms with Crippen LogP contribution in [0.4, 0.5) is 0 Å². The van der Waals surface area contributed by atoms with Crippen molar-refractivity contribution in [2.24, 2.45) is 0 Å². The SMILES string of the molecule is Cc1sc2[nH]c(=S)n(C(C)CN3CCCC3)c(=O)c2c1C. The largest absolute Gasteiger partial charge is 0.323 e. The van der Waals surface area contributed by atoms with E-state index < -0.39 is 0 Å². The maximum Gasteiger partial charge on any atom is 0.263 e. The van der Waals surface area contributed by atoms with E-state index in [0.29, 0.717) is 4.77 Å². The second-order valence-electron chi connectivity index (χ2n) is 5.95. The Kier molecular flexibility index (Phi) is 4.03. The Morgan fingerprint density at radius 1 is 1.33 bits per heavy atom. The first-order chi connectivity index (χ1) is 9.99. The van der Waals surface area contributed by atoms with Crippen LogP contribution in [0.1, 0.15) is 36.2 Å². The number of nitrogens with one attached hydrogen (secondary N) is 1. The summed E-state index contributed by atoms with van der Waals surface area (Å²) >= 11 is 7.05. The molecule has 1 atom stereocenters. The van der Waals surface area contributed by atoms with Crippen molar-refractivity contribution in [3.05, 3.63) is 25.6 Å². The second-order valence-corrected chi connectivity index (χ2v) is 7.56. The Labute approximate surface area is 133 Å². The van der Waals surface area contributed by atoms with Gasteiger partial charge in [-0.15, -0.1) is 11.3 Å². The van der Waals surface area contributed by atoms with Gasteiger partial charge in [0.2, 0.25) is 0 Å². The van der Waals surface area contributed by atoms with Gasteiger partial charge in [0.1, 0.15) is 4.83 Å². The lowest BCUT2D eigenvalue weighted by Gasteiger charge is -2.22. The topological polar surface area (TPSA) is 41.0 Å². The average molecular weight is 323 g/mol. The molecule has 2 aromatic heterocycles. The normalized spacial score (nSPS) is 17.7. The van der Waals surface area contributed by atoms with E-state index in [1.807, 2.05) is 13.8 Å². The molecule has 0 aliphatic carbocycles. The Bertz CT molecular complexity index is 781. The molecule has 21 heavy (non-hydrogen) atoms.